The van der Waals surface area contributed by atoms with Crippen LogP contribution in [-0.2, 0) is 17.5 Å². The van der Waals surface area contributed by atoms with Gasteiger partial charge in [0.05, 0.1) is 18.2 Å². The third-order valence-electron chi connectivity index (χ3n) is 9.53. The number of rotatable bonds is 6. The first-order valence-electron chi connectivity index (χ1n) is 15.1. The molecular weight excluding hydrogens is 583 g/mol. The molecule has 5 heterocycles. The van der Waals surface area contributed by atoms with Crippen LogP contribution in [0.5, 0.6) is 0 Å². The number of aryl methyl sites for hydroxylation is 1. The third-order valence-corrected chi connectivity index (χ3v) is 9.53. The molecule has 3 aliphatic rings. The molecule has 1 aliphatic carbocycles. The van der Waals surface area contributed by atoms with Crippen LogP contribution in [0.4, 0.5) is 27.8 Å². The molecule has 0 N–H and O–H groups in total. The fraction of sp³-hybridized carbons (Fsp3) is 0.600. The van der Waals surface area contributed by atoms with Gasteiger partial charge in [-0.15, -0.1) is 10.2 Å². The number of benzene rings is 1. The standard InChI is InChI=1S/C30H35F5N8O/c1-17-14-41(26-24-27(43-16-36-39-28(43)38-26)42(19(3)37-24)15-23-5-4-10-44-23)18(2)13-40(17)25(21-11-29(31,32)12-21)20-6-8-22(9-7-20)30(33,34)35/h6-9,16-18,21,23,25H,4-5,10-15H2,1-3H3/t17-,18+,23?,25?/m1/s1. The Hall–Kier alpha value is -3.39. The Bertz CT molecular complexity index is 1650. The summed E-state index contributed by atoms with van der Waals surface area (Å²) in [6, 6.07) is 4.34. The summed E-state index contributed by atoms with van der Waals surface area (Å²) in [7, 11) is 0. The number of hydrogen-bond donors (Lipinski definition) is 0. The van der Waals surface area contributed by atoms with Crippen molar-refractivity contribution in [2.24, 2.45) is 5.92 Å². The highest BCUT2D eigenvalue weighted by molar-refractivity contribution is 5.87. The van der Waals surface area contributed by atoms with Crippen LogP contribution in [0.25, 0.3) is 16.9 Å². The zero-order chi connectivity index (χ0) is 31.0. The number of imidazole rings is 1. The number of fused-ring (bicyclic) bond motifs is 3. The number of piperazine rings is 1. The molecule has 44 heavy (non-hydrogen) atoms. The minimum Gasteiger partial charge on any atom is -0.376 e. The Labute approximate surface area is 251 Å². The highest BCUT2D eigenvalue weighted by atomic mass is 19.4. The van der Waals surface area contributed by atoms with E-state index in [1.807, 2.05) is 18.2 Å². The summed E-state index contributed by atoms with van der Waals surface area (Å²) in [6.07, 6.45) is -1.31. The van der Waals surface area contributed by atoms with E-state index in [-0.39, 0.29) is 36.9 Å². The van der Waals surface area contributed by atoms with Crippen molar-refractivity contribution >= 4 is 22.8 Å². The third kappa shape index (κ3) is 5.09. The zero-order valence-corrected chi connectivity index (χ0v) is 24.8. The minimum absolute atomic E-state index is 0.0951. The van der Waals surface area contributed by atoms with Crippen LogP contribution in [-0.4, -0.2) is 77.8 Å². The second-order valence-electron chi connectivity index (χ2n) is 12.6. The quantitative estimate of drug-likeness (QED) is 0.258. The molecule has 0 bridgehead atoms. The van der Waals surface area contributed by atoms with Crippen molar-refractivity contribution in [3.8, 4) is 0 Å². The van der Waals surface area contributed by atoms with Crippen molar-refractivity contribution in [3.05, 3.63) is 47.5 Å². The molecule has 1 saturated carbocycles. The molecule has 4 atom stereocenters. The van der Waals surface area contributed by atoms with Crippen molar-refractivity contribution in [3.63, 3.8) is 0 Å². The maximum absolute atomic E-state index is 14.1. The Kier molecular flexibility index (Phi) is 7.07. The normalized spacial score (nSPS) is 25.6. The molecule has 2 unspecified atom stereocenters. The monoisotopic (exact) mass is 618 g/mol. The van der Waals surface area contributed by atoms with E-state index in [4.69, 9.17) is 14.7 Å². The largest absolute Gasteiger partial charge is 0.416 e. The van der Waals surface area contributed by atoms with E-state index in [0.29, 0.717) is 36.8 Å². The second-order valence-corrected chi connectivity index (χ2v) is 12.6. The van der Waals surface area contributed by atoms with Crippen LogP contribution in [0.1, 0.15) is 62.5 Å². The van der Waals surface area contributed by atoms with Gasteiger partial charge in [-0.05, 0) is 57.2 Å². The van der Waals surface area contributed by atoms with E-state index in [1.54, 1.807) is 6.33 Å². The van der Waals surface area contributed by atoms with Gasteiger partial charge in [-0.2, -0.15) is 18.2 Å². The molecule has 3 aromatic heterocycles. The zero-order valence-electron chi connectivity index (χ0n) is 24.8. The first kappa shape index (κ1) is 29.3. The van der Waals surface area contributed by atoms with Crippen LogP contribution in [0, 0.1) is 12.8 Å². The van der Waals surface area contributed by atoms with Gasteiger partial charge in [-0.1, -0.05) is 12.1 Å². The van der Waals surface area contributed by atoms with Crippen molar-refractivity contribution < 1.29 is 26.7 Å². The van der Waals surface area contributed by atoms with Crippen LogP contribution in [0.3, 0.4) is 0 Å². The summed E-state index contributed by atoms with van der Waals surface area (Å²) in [5, 5.41) is 8.37. The topological polar surface area (TPSA) is 76.6 Å². The maximum Gasteiger partial charge on any atom is 0.416 e. The van der Waals surface area contributed by atoms with E-state index in [1.165, 1.54) is 12.1 Å². The minimum atomic E-state index is -4.47. The van der Waals surface area contributed by atoms with Gasteiger partial charge in [0.2, 0.25) is 5.92 Å². The molecule has 2 saturated heterocycles. The SMILES string of the molecule is Cc1nc2c(N3C[C@@H](C)N(C(c4ccc(C(F)(F)F)cc4)C4CC(F)(F)C4)C[C@@H]3C)nc3nncn3c2n1CC1CCCO1. The van der Waals surface area contributed by atoms with E-state index in [2.05, 4.69) is 31.5 Å². The molecular formula is C30H35F5N8O. The summed E-state index contributed by atoms with van der Waals surface area (Å²) in [5.74, 6) is -1.17. The van der Waals surface area contributed by atoms with E-state index in [9.17, 15) is 22.0 Å². The van der Waals surface area contributed by atoms with Gasteiger partial charge < -0.3 is 14.2 Å². The van der Waals surface area contributed by atoms with Crippen molar-refractivity contribution in [1.29, 1.82) is 0 Å². The Balaban J connectivity index is 1.22. The van der Waals surface area contributed by atoms with E-state index in [0.717, 1.165) is 48.6 Å². The molecule has 9 nitrogen and oxygen atoms in total. The van der Waals surface area contributed by atoms with Crippen LogP contribution in [0.15, 0.2) is 30.6 Å². The molecule has 1 aromatic carbocycles. The van der Waals surface area contributed by atoms with Crippen molar-refractivity contribution in [2.45, 2.75) is 89.3 Å². The highest BCUT2D eigenvalue weighted by Crippen LogP contribution is 2.51. The highest BCUT2D eigenvalue weighted by Gasteiger charge is 2.51. The molecule has 4 aromatic rings. The second kappa shape index (κ2) is 10.6. The van der Waals surface area contributed by atoms with Gasteiger partial charge >= 0.3 is 6.18 Å². The average molecular weight is 619 g/mol. The van der Waals surface area contributed by atoms with Gasteiger partial charge in [-0.3, -0.25) is 4.90 Å². The lowest BCUT2D eigenvalue weighted by Crippen LogP contribution is -2.59. The number of aromatic nitrogens is 6. The fourth-order valence-electron chi connectivity index (χ4n) is 7.33. The number of anilines is 1. The molecule has 0 radical (unpaired) electrons. The molecule has 7 rings (SSSR count). The fourth-order valence-corrected chi connectivity index (χ4v) is 7.33. The van der Waals surface area contributed by atoms with Crippen molar-refractivity contribution in [2.75, 3.05) is 24.6 Å². The molecule has 3 fully saturated rings. The van der Waals surface area contributed by atoms with Crippen LogP contribution < -0.4 is 4.90 Å². The predicted molar refractivity (Wildman–Crippen MR) is 153 cm³/mol. The summed E-state index contributed by atoms with van der Waals surface area (Å²) in [6.45, 7) is 8.46. The average Bonchev–Trinajstić information content (AvgIpc) is 3.70. The summed E-state index contributed by atoms with van der Waals surface area (Å²) in [5.41, 5.74) is 1.43. The van der Waals surface area contributed by atoms with Gasteiger partial charge in [0, 0.05) is 50.7 Å². The molecule has 0 amide bonds. The summed E-state index contributed by atoms with van der Waals surface area (Å²) < 4.78 is 78.0. The predicted octanol–water partition coefficient (Wildman–Crippen LogP) is 5.67. The lowest BCUT2D eigenvalue weighted by molar-refractivity contribution is -0.138. The number of alkyl halides is 5. The number of hydrogen-bond acceptors (Lipinski definition) is 7. The number of ether oxygens (including phenoxy) is 1. The van der Waals surface area contributed by atoms with Gasteiger partial charge in [0.1, 0.15) is 17.7 Å². The van der Waals surface area contributed by atoms with Gasteiger partial charge in [-0.25, -0.2) is 18.2 Å². The van der Waals surface area contributed by atoms with Crippen molar-refractivity contribution in [1.82, 2.24) is 34.0 Å². The van der Waals surface area contributed by atoms with E-state index >= 15 is 0 Å². The molecule has 2 aliphatic heterocycles. The van der Waals surface area contributed by atoms with Crippen LogP contribution in [0.2, 0.25) is 0 Å². The molecule has 236 valence electrons. The number of halogens is 5. The summed E-state index contributed by atoms with van der Waals surface area (Å²) in [4.78, 5) is 14.2. The molecule has 14 heteroatoms. The first-order valence-corrected chi connectivity index (χ1v) is 15.1. The van der Waals surface area contributed by atoms with Crippen LogP contribution >= 0.6 is 0 Å². The Morgan fingerprint density at radius 2 is 1.80 bits per heavy atom. The number of nitrogens with zero attached hydrogens (tertiary/aromatic N) is 8. The lowest BCUT2D eigenvalue weighted by Gasteiger charge is -2.52. The lowest BCUT2D eigenvalue weighted by atomic mass is 9.73. The molecule has 0 spiro atoms. The summed E-state index contributed by atoms with van der Waals surface area (Å²) >= 11 is 0. The first-order chi connectivity index (χ1) is 20.9. The smallest absolute Gasteiger partial charge is 0.376 e. The van der Waals surface area contributed by atoms with Gasteiger partial charge in [0.15, 0.2) is 11.5 Å². The Morgan fingerprint density at radius 3 is 2.45 bits per heavy atom. The van der Waals surface area contributed by atoms with Gasteiger partial charge in [0.25, 0.3) is 5.78 Å². The van der Waals surface area contributed by atoms with E-state index < -0.39 is 23.7 Å². The maximum atomic E-state index is 14.1. The Morgan fingerprint density at radius 1 is 1.05 bits per heavy atom.